The smallest absolute Gasteiger partial charge is 0.313 e. The average Bonchev–Trinajstić information content (AvgIpc) is 2.94. The largest absolute Gasteiger partial charge is 0.346 e. The van der Waals surface area contributed by atoms with E-state index in [9.17, 15) is 9.59 Å². The Balaban J connectivity index is 1.83. The summed E-state index contributed by atoms with van der Waals surface area (Å²) in [6, 6.07) is 7.54. The van der Waals surface area contributed by atoms with E-state index in [1.54, 1.807) is 12.1 Å². The molecular formula is C15H20BrN3O2. The van der Waals surface area contributed by atoms with Crippen LogP contribution >= 0.6 is 15.9 Å². The van der Waals surface area contributed by atoms with E-state index in [4.69, 9.17) is 0 Å². The van der Waals surface area contributed by atoms with Crippen LogP contribution in [0, 0.1) is 0 Å². The van der Waals surface area contributed by atoms with Crippen molar-refractivity contribution in [2.45, 2.75) is 25.8 Å². The van der Waals surface area contributed by atoms with Crippen LogP contribution in [0.2, 0.25) is 0 Å². The van der Waals surface area contributed by atoms with Crippen LogP contribution in [0.5, 0.6) is 0 Å². The van der Waals surface area contributed by atoms with Gasteiger partial charge in [0.2, 0.25) is 0 Å². The highest BCUT2D eigenvalue weighted by Gasteiger charge is 2.24. The van der Waals surface area contributed by atoms with Gasteiger partial charge in [0.1, 0.15) is 0 Å². The topological polar surface area (TPSA) is 61.4 Å². The van der Waals surface area contributed by atoms with E-state index in [0.29, 0.717) is 18.3 Å². The molecule has 0 bridgehead atoms. The maximum absolute atomic E-state index is 11.9. The van der Waals surface area contributed by atoms with Gasteiger partial charge in [0, 0.05) is 17.1 Å². The number of likely N-dealkylation sites (N-methyl/N-ethyl adjacent to an activating group) is 1. The maximum atomic E-state index is 11.9. The Hall–Kier alpha value is -1.40. The number of hydrogen-bond acceptors (Lipinski definition) is 3. The zero-order valence-electron chi connectivity index (χ0n) is 12.1. The standard InChI is InChI=1S/C15H20BrN3O2/c1-2-19-9-5-6-11(19)10-17-14(20)15(21)18-13-8-4-3-7-12(13)16/h3-4,7-8,11H,2,5-6,9-10H2,1H3,(H,17,20)(H,18,21)/t11-/m1/s1. The molecule has 1 aliphatic heterocycles. The first kappa shape index (κ1) is 16.0. The van der Waals surface area contributed by atoms with E-state index >= 15 is 0 Å². The monoisotopic (exact) mass is 353 g/mol. The summed E-state index contributed by atoms with van der Waals surface area (Å²) >= 11 is 3.33. The Kier molecular flexibility index (Phi) is 5.76. The van der Waals surface area contributed by atoms with Gasteiger partial charge in [0.05, 0.1) is 5.69 Å². The summed E-state index contributed by atoms with van der Waals surface area (Å²) in [7, 11) is 0. The predicted octanol–water partition coefficient (Wildman–Crippen LogP) is 1.99. The normalized spacial score (nSPS) is 18.5. The number of hydrogen-bond donors (Lipinski definition) is 2. The zero-order chi connectivity index (χ0) is 15.2. The number of rotatable bonds is 4. The summed E-state index contributed by atoms with van der Waals surface area (Å²) in [6.07, 6.45) is 2.22. The first-order valence-corrected chi connectivity index (χ1v) is 7.99. The van der Waals surface area contributed by atoms with Gasteiger partial charge in [-0.2, -0.15) is 0 Å². The molecule has 114 valence electrons. The molecule has 21 heavy (non-hydrogen) atoms. The molecule has 1 fully saturated rings. The molecule has 1 aromatic carbocycles. The molecule has 1 saturated heterocycles. The fraction of sp³-hybridized carbons (Fsp3) is 0.467. The number of halogens is 1. The van der Waals surface area contributed by atoms with Gasteiger partial charge < -0.3 is 10.6 Å². The van der Waals surface area contributed by atoms with Crippen molar-refractivity contribution in [2.75, 3.05) is 25.0 Å². The van der Waals surface area contributed by atoms with E-state index in [1.165, 1.54) is 0 Å². The van der Waals surface area contributed by atoms with Crippen molar-refractivity contribution in [3.05, 3.63) is 28.7 Å². The summed E-state index contributed by atoms with van der Waals surface area (Å²) in [5.74, 6) is -1.23. The van der Waals surface area contributed by atoms with Crippen molar-refractivity contribution < 1.29 is 9.59 Å². The van der Waals surface area contributed by atoms with Crippen LogP contribution in [-0.4, -0.2) is 42.4 Å². The molecule has 5 nitrogen and oxygen atoms in total. The number of nitrogens with zero attached hydrogens (tertiary/aromatic N) is 1. The Morgan fingerprint density at radius 1 is 1.33 bits per heavy atom. The number of nitrogens with one attached hydrogen (secondary N) is 2. The molecule has 2 N–H and O–H groups in total. The molecule has 1 aliphatic rings. The molecule has 1 atom stereocenters. The average molecular weight is 354 g/mol. The van der Waals surface area contributed by atoms with Gasteiger partial charge in [-0.05, 0) is 54.0 Å². The van der Waals surface area contributed by atoms with Crippen LogP contribution in [0.3, 0.4) is 0 Å². The van der Waals surface area contributed by atoms with Crippen LogP contribution in [0.1, 0.15) is 19.8 Å². The predicted molar refractivity (Wildman–Crippen MR) is 86.1 cm³/mol. The van der Waals surface area contributed by atoms with Crippen LogP contribution in [0.4, 0.5) is 5.69 Å². The lowest BCUT2D eigenvalue weighted by Crippen LogP contribution is -2.43. The molecule has 1 aromatic rings. The van der Waals surface area contributed by atoms with Crippen molar-refractivity contribution in [3.63, 3.8) is 0 Å². The van der Waals surface area contributed by atoms with E-state index < -0.39 is 11.8 Å². The third kappa shape index (κ3) is 4.28. The molecular weight excluding hydrogens is 334 g/mol. The number of amides is 2. The highest BCUT2D eigenvalue weighted by molar-refractivity contribution is 9.10. The first-order valence-electron chi connectivity index (χ1n) is 7.19. The van der Waals surface area contributed by atoms with Crippen molar-refractivity contribution >= 4 is 33.4 Å². The number of anilines is 1. The lowest BCUT2D eigenvalue weighted by Gasteiger charge is -2.22. The van der Waals surface area contributed by atoms with Gasteiger partial charge in [-0.3, -0.25) is 14.5 Å². The highest BCUT2D eigenvalue weighted by atomic mass is 79.9. The van der Waals surface area contributed by atoms with Crippen LogP contribution in [0.15, 0.2) is 28.7 Å². The van der Waals surface area contributed by atoms with Gasteiger partial charge in [0.25, 0.3) is 0 Å². The summed E-state index contributed by atoms with van der Waals surface area (Å²) in [5, 5.41) is 5.32. The minimum atomic E-state index is -0.636. The molecule has 0 unspecified atom stereocenters. The Morgan fingerprint density at radius 3 is 2.81 bits per heavy atom. The number of carbonyl (C=O) groups is 2. The highest BCUT2D eigenvalue weighted by Crippen LogP contribution is 2.21. The van der Waals surface area contributed by atoms with Crippen molar-refractivity contribution in [2.24, 2.45) is 0 Å². The Morgan fingerprint density at radius 2 is 2.10 bits per heavy atom. The van der Waals surface area contributed by atoms with Crippen LogP contribution < -0.4 is 10.6 Å². The minimum absolute atomic E-state index is 0.343. The lowest BCUT2D eigenvalue weighted by molar-refractivity contribution is -0.136. The first-order chi connectivity index (χ1) is 10.1. The molecule has 0 spiro atoms. The molecule has 0 aromatic heterocycles. The summed E-state index contributed by atoms with van der Waals surface area (Å²) in [6.45, 7) is 4.68. The summed E-state index contributed by atoms with van der Waals surface area (Å²) in [4.78, 5) is 26.0. The fourth-order valence-corrected chi connectivity index (χ4v) is 2.96. The zero-order valence-corrected chi connectivity index (χ0v) is 13.6. The van der Waals surface area contributed by atoms with Crippen molar-refractivity contribution in [1.29, 1.82) is 0 Å². The second-order valence-corrected chi connectivity index (χ2v) is 5.92. The fourth-order valence-electron chi connectivity index (χ4n) is 2.58. The summed E-state index contributed by atoms with van der Waals surface area (Å²) in [5.41, 5.74) is 0.591. The van der Waals surface area contributed by atoms with Crippen LogP contribution in [0.25, 0.3) is 0 Å². The molecule has 2 amide bonds. The third-order valence-electron chi connectivity index (χ3n) is 3.73. The molecule has 1 heterocycles. The SMILES string of the molecule is CCN1CCC[C@@H]1CNC(=O)C(=O)Nc1ccccc1Br. The van der Waals surface area contributed by atoms with Gasteiger partial charge in [-0.25, -0.2) is 0 Å². The Bertz CT molecular complexity index is 521. The van der Waals surface area contributed by atoms with E-state index in [2.05, 4.69) is 38.4 Å². The lowest BCUT2D eigenvalue weighted by atomic mass is 10.2. The molecule has 0 radical (unpaired) electrons. The molecule has 0 aliphatic carbocycles. The number of benzene rings is 1. The Labute approximate surface area is 133 Å². The van der Waals surface area contributed by atoms with Gasteiger partial charge in [-0.1, -0.05) is 19.1 Å². The van der Waals surface area contributed by atoms with Gasteiger partial charge in [0.15, 0.2) is 0 Å². The van der Waals surface area contributed by atoms with E-state index in [0.717, 1.165) is 30.4 Å². The number of likely N-dealkylation sites (tertiary alicyclic amines) is 1. The third-order valence-corrected chi connectivity index (χ3v) is 4.42. The van der Waals surface area contributed by atoms with E-state index in [-0.39, 0.29) is 0 Å². The quantitative estimate of drug-likeness (QED) is 0.813. The van der Waals surface area contributed by atoms with Gasteiger partial charge in [-0.15, -0.1) is 0 Å². The molecule has 0 saturated carbocycles. The van der Waals surface area contributed by atoms with Crippen molar-refractivity contribution in [3.8, 4) is 0 Å². The number of para-hydroxylation sites is 1. The van der Waals surface area contributed by atoms with E-state index in [1.807, 2.05) is 12.1 Å². The second-order valence-electron chi connectivity index (χ2n) is 5.07. The second kappa shape index (κ2) is 7.56. The van der Waals surface area contributed by atoms with Gasteiger partial charge >= 0.3 is 11.8 Å². The maximum Gasteiger partial charge on any atom is 0.313 e. The van der Waals surface area contributed by atoms with Crippen molar-refractivity contribution in [1.82, 2.24) is 10.2 Å². The summed E-state index contributed by atoms with van der Waals surface area (Å²) < 4.78 is 0.749. The minimum Gasteiger partial charge on any atom is -0.346 e. The number of carbonyl (C=O) groups excluding carboxylic acids is 2. The molecule has 2 rings (SSSR count). The molecule has 6 heteroatoms. The van der Waals surface area contributed by atoms with Crippen LogP contribution in [-0.2, 0) is 9.59 Å².